The summed E-state index contributed by atoms with van der Waals surface area (Å²) in [5, 5.41) is 3.36. The first-order valence-electron chi connectivity index (χ1n) is 5.57. The van der Waals surface area contributed by atoms with Crippen LogP contribution in [0.1, 0.15) is 4.88 Å². The number of para-hydroxylation sites is 1. The van der Waals surface area contributed by atoms with Gasteiger partial charge in [0.15, 0.2) is 5.11 Å². The molecule has 0 spiro atoms. The number of halogens is 2. The van der Waals surface area contributed by atoms with Crippen LogP contribution in [0.15, 0.2) is 36.4 Å². The highest BCUT2D eigenvalue weighted by Gasteiger charge is 2.09. The summed E-state index contributed by atoms with van der Waals surface area (Å²) in [4.78, 5) is 2.94. The molecule has 0 bridgehead atoms. The summed E-state index contributed by atoms with van der Waals surface area (Å²) < 4.78 is 14.2. The molecule has 0 aliphatic heterocycles. The molecule has 0 saturated heterocycles. The third-order valence-corrected chi connectivity index (χ3v) is 4.11. The lowest BCUT2D eigenvalue weighted by Crippen LogP contribution is -2.30. The van der Waals surface area contributed by atoms with Crippen molar-refractivity contribution in [3.8, 4) is 0 Å². The van der Waals surface area contributed by atoms with Crippen LogP contribution in [-0.4, -0.2) is 17.1 Å². The van der Waals surface area contributed by atoms with Crippen molar-refractivity contribution in [2.45, 2.75) is 6.54 Å². The molecule has 1 aromatic carbocycles. The topological polar surface area (TPSA) is 15.3 Å². The zero-order chi connectivity index (χ0) is 13.8. The van der Waals surface area contributed by atoms with Crippen LogP contribution in [0, 0.1) is 5.82 Å². The van der Waals surface area contributed by atoms with E-state index in [0.29, 0.717) is 17.3 Å². The van der Waals surface area contributed by atoms with Gasteiger partial charge in [0.1, 0.15) is 5.82 Å². The SMILES string of the molecule is CN(Cc1ccc(Cl)s1)C(=S)Nc1ccccc1F. The molecule has 100 valence electrons. The minimum atomic E-state index is -0.322. The second-order valence-electron chi connectivity index (χ2n) is 3.97. The smallest absolute Gasteiger partial charge is 0.173 e. The molecule has 1 heterocycles. The maximum Gasteiger partial charge on any atom is 0.173 e. The minimum Gasteiger partial charge on any atom is -0.347 e. The largest absolute Gasteiger partial charge is 0.347 e. The molecule has 0 amide bonds. The molecule has 1 N–H and O–H groups in total. The van der Waals surface area contributed by atoms with Crippen LogP contribution in [-0.2, 0) is 6.54 Å². The standard InChI is InChI=1S/C13H12ClFN2S2/c1-17(8-9-6-7-12(14)19-9)13(18)16-11-5-3-2-4-10(11)15/h2-7H,8H2,1H3,(H,16,18). The Morgan fingerprint density at radius 2 is 2.11 bits per heavy atom. The summed E-state index contributed by atoms with van der Waals surface area (Å²) in [5.74, 6) is -0.322. The molecule has 2 aromatic rings. The number of thiophene rings is 1. The van der Waals surface area contributed by atoms with Crippen molar-refractivity contribution in [1.29, 1.82) is 0 Å². The molecule has 6 heteroatoms. The fourth-order valence-corrected chi connectivity index (χ4v) is 2.83. The van der Waals surface area contributed by atoms with Gasteiger partial charge in [0.2, 0.25) is 0 Å². The summed E-state index contributed by atoms with van der Waals surface area (Å²) in [6.45, 7) is 0.637. The van der Waals surface area contributed by atoms with Gasteiger partial charge in [-0.05, 0) is 36.5 Å². The Balaban J connectivity index is 1.98. The van der Waals surface area contributed by atoms with E-state index < -0.39 is 0 Å². The van der Waals surface area contributed by atoms with Crippen LogP contribution in [0.2, 0.25) is 4.34 Å². The summed E-state index contributed by atoms with van der Waals surface area (Å²) in [6.07, 6.45) is 0. The molecular formula is C13H12ClFN2S2. The first-order valence-corrected chi connectivity index (χ1v) is 7.17. The molecule has 0 atom stereocenters. The van der Waals surface area contributed by atoms with Crippen molar-refractivity contribution >= 4 is 46.0 Å². The van der Waals surface area contributed by atoms with Gasteiger partial charge in [0, 0.05) is 11.9 Å². The van der Waals surface area contributed by atoms with Gasteiger partial charge in [-0.2, -0.15) is 0 Å². The van der Waals surface area contributed by atoms with Crippen molar-refractivity contribution in [3.63, 3.8) is 0 Å². The highest BCUT2D eigenvalue weighted by atomic mass is 35.5. The molecular weight excluding hydrogens is 303 g/mol. The zero-order valence-electron chi connectivity index (χ0n) is 10.2. The van der Waals surface area contributed by atoms with Gasteiger partial charge in [-0.1, -0.05) is 23.7 Å². The minimum absolute atomic E-state index is 0.322. The lowest BCUT2D eigenvalue weighted by molar-refractivity contribution is 0.513. The van der Waals surface area contributed by atoms with E-state index in [4.69, 9.17) is 23.8 Å². The van der Waals surface area contributed by atoms with Gasteiger partial charge in [-0.25, -0.2) is 4.39 Å². The monoisotopic (exact) mass is 314 g/mol. The molecule has 1 aromatic heterocycles. The fourth-order valence-electron chi connectivity index (χ4n) is 1.52. The molecule has 19 heavy (non-hydrogen) atoms. The Morgan fingerprint density at radius 1 is 1.37 bits per heavy atom. The Labute approximate surface area is 125 Å². The highest BCUT2D eigenvalue weighted by molar-refractivity contribution is 7.80. The van der Waals surface area contributed by atoms with E-state index in [1.54, 1.807) is 18.2 Å². The number of nitrogens with zero attached hydrogens (tertiary/aromatic N) is 1. The first-order chi connectivity index (χ1) is 9.06. The first kappa shape index (κ1) is 14.2. The van der Waals surface area contributed by atoms with Crippen LogP contribution in [0.4, 0.5) is 10.1 Å². The predicted octanol–water partition coefficient (Wildman–Crippen LogP) is 4.37. The van der Waals surface area contributed by atoms with Crippen LogP contribution in [0.3, 0.4) is 0 Å². The molecule has 2 rings (SSSR count). The van der Waals surface area contributed by atoms with E-state index in [0.717, 1.165) is 9.21 Å². The van der Waals surface area contributed by atoms with Gasteiger partial charge in [-0.15, -0.1) is 11.3 Å². The van der Waals surface area contributed by atoms with Crippen molar-refractivity contribution in [3.05, 3.63) is 51.4 Å². The average molecular weight is 315 g/mol. The maximum absolute atomic E-state index is 13.5. The molecule has 0 saturated carbocycles. The van der Waals surface area contributed by atoms with Crippen molar-refractivity contribution in [2.24, 2.45) is 0 Å². The van der Waals surface area contributed by atoms with Crippen LogP contribution in [0.25, 0.3) is 0 Å². The second kappa shape index (κ2) is 6.32. The van der Waals surface area contributed by atoms with E-state index in [1.807, 2.05) is 24.1 Å². The van der Waals surface area contributed by atoms with Gasteiger partial charge in [0.05, 0.1) is 16.6 Å². The van der Waals surface area contributed by atoms with E-state index in [1.165, 1.54) is 17.4 Å². The maximum atomic E-state index is 13.5. The lowest BCUT2D eigenvalue weighted by Gasteiger charge is -2.20. The van der Waals surface area contributed by atoms with Crippen LogP contribution < -0.4 is 5.32 Å². The molecule has 0 fully saturated rings. The quantitative estimate of drug-likeness (QED) is 0.847. The van der Waals surface area contributed by atoms with Crippen molar-refractivity contribution in [1.82, 2.24) is 4.90 Å². The van der Waals surface area contributed by atoms with Crippen LogP contribution in [0.5, 0.6) is 0 Å². The lowest BCUT2D eigenvalue weighted by atomic mass is 10.3. The molecule has 0 radical (unpaired) electrons. The summed E-state index contributed by atoms with van der Waals surface area (Å²) in [5.41, 5.74) is 0.378. The number of hydrogen-bond donors (Lipinski definition) is 1. The molecule has 2 nitrogen and oxygen atoms in total. The highest BCUT2D eigenvalue weighted by Crippen LogP contribution is 2.22. The Hall–Kier alpha value is -1.17. The third kappa shape index (κ3) is 3.89. The van der Waals surface area contributed by atoms with E-state index in [-0.39, 0.29) is 5.82 Å². The summed E-state index contributed by atoms with van der Waals surface area (Å²) >= 11 is 12.6. The molecule has 0 aliphatic carbocycles. The summed E-state index contributed by atoms with van der Waals surface area (Å²) in [6, 6.07) is 10.2. The summed E-state index contributed by atoms with van der Waals surface area (Å²) in [7, 11) is 1.85. The van der Waals surface area contributed by atoms with E-state index in [2.05, 4.69) is 5.32 Å². The van der Waals surface area contributed by atoms with Gasteiger partial charge >= 0.3 is 0 Å². The average Bonchev–Trinajstić information content (AvgIpc) is 2.77. The van der Waals surface area contributed by atoms with Gasteiger partial charge in [0.25, 0.3) is 0 Å². The van der Waals surface area contributed by atoms with Gasteiger partial charge < -0.3 is 10.2 Å². The fraction of sp³-hybridized carbons (Fsp3) is 0.154. The number of anilines is 1. The normalized spacial score (nSPS) is 10.3. The third-order valence-electron chi connectivity index (χ3n) is 2.48. The van der Waals surface area contributed by atoms with Crippen molar-refractivity contribution < 1.29 is 4.39 Å². The van der Waals surface area contributed by atoms with Crippen LogP contribution >= 0.6 is 35.2 Å². The predicted molar refractivity (Wildman–Crippen MR) is 83.4 cm³/mol. The second-order valence-corrected chi connectivity index (χ2v) is 6.16. The Morgan fingerprint density at radius 3 is 2.74 bits per heavy atom. The number of rotatable bonds is 3. The van der Waals surface area contributed by atoms with E-state index in [9.17, 15) is 4.39 Å². The number of benzene rings is 1. The molecule has 0 unspecified atom stereocenters. The van der Waals surface area contributed by atoms with E-state index >= 15 is 0 Å². The number of hydrogen-bond acceptors (Lipinski definition) is 2. The Bertz CT molecular complexity index is 586. The zero-order valence-corrected chi connectivity index (χ0v) is 12.6. The van der Waals surface area contributed by atoms with Crippen molar-refractivity contribution in [2.75, 3.05) is 12.4 Å². The molecule has 0 aliphatic rings. The van der Waals surface area contributed by atoms with Gasteiger partial charge in [-0.3, -0.25) is 0 Å². The Kier molecular flexibility index (Phi) is 4.74. The number of thiocarbonyl (C=S) groups is 1. The number of nitrogens with one attached hydrogen (secondary N) is 1.